The van der Waals surface area contributed by atoms with Gasteiger partial charge in [-0.1, -0.05) is 0 Å². The van der Waals surface area contributed by atoms with Crippen molar-refractivity contribution < 1.29 is 19.1 Å². The number of hydrogen-bond acceptors (Lipinski definition) is 5. The third kappa shape index (κ3) is 3.08. The lowest BCUT2D eigenvalue weighted by atomic mass is 10.1. The van der Waals surface area contributed by atoms with Crippen molar-refractivity contribution in [1.29, 1.82) is 0 Å². The van der Waals surface area contributed by atoms with Crippen LogP contribution in [0.1, 0.15) is 10.4 Å². The molecule has 7 nitrogen and oxygen atoms in total. The van der Waals surface area contributed by atoms with Crippen molar-refractivity contribution in [2.24, 2.45) is 0 Å². The highest BCUT2D eigenvalue weighted by Gasteiger charge is 2.33. The summed E-state index contributed by atoms with van der Waals surface area (Å²) >= 11 is 0. The van der Waals surface area contributed by atoms with Gasteiger partial charge in [0.15, 0.2) is 0 Å². The standard InChI is InChI=1S/C14H19N3O4/c1-16-13(18)11-8-21-6-5-17(11)14(19)9-3-4-10(15)12(7-9)20-2/h3-4,7,11H,5-6,8,15H2,1-2H3,(H,16,18). The van der Waals surface area contributed by atoms with E-state index in [0.29, 0.717) is 30.2 Å². The molecule has 0 bridgehead atoms. The second-order valence-electron chi connectivity index (χ2n) is 4.66. The van der Waals surface area contributed by atoms with Crippen LogP contribution in [-0.4, -0.2) is 56.7 Å². The molecule has 114 valence electrons. The van der Waals surface area contributed by atoms with E-state index >= 15 is 0 Å². The summed E-state index contributed by atoms with van der Waals surface area (Å²) in [5.41, 5.74) is 6.63. The number of nitrogens with two attached hydrogens (primary N) is 1. The molecule has 2 rings (SSSR count). The topological polar surface area (TPSA) is 93.9 Å². The quantitative estimate of drug-likeness (QED) is 0.757. The number of anilines is 1. The number of nitrogens with one attached hydrogen (secondary N) is 1. The Hall–Kier alpha value is -2.28. The van der Waals surface area contributed by atoms with Crippen LogP contribution in [-0.2, 0) is 9.53 Å². The van der Waals surface area contributed by atoms with Gasteiger partial charge in [0.2, 0.25) is 5.91 Å². The SMILES string of the molecule is CNC(=O)C1COCCN1C(=O)c1ccc(N)c(OC)c1. The molecule has 1 fully saturated rings. The molecule has 1 aliphatic heterocycles. The van der Waals surface area contributed by atoms with E-state index in [4.69, 9.17) is 15.2 Å². The maximum absolute atomic E-state index is 12.6. The zero-order valence-electron chi connectivity index (χ0n) is 12.1. The molecule has 1 aromatic rings. The van der Waals surface area contributed by atoms with Crippen LogP contribution in [0, 0.1) is 0 Å². The zero-order chi connectivity index (χ0) is 15.4. The fraction of sp³-hybridized carbons (Fsp3) is 0.429. The lowest BCUT2D eigenvalue weighted by Gasteiger charge is -2.34. The van der Waals surface area contributed by atoms with E-state index in [2.05, 4.69) is 5.32 Å². The number of carbonyl (C=O) groups is 2. The minimum Gasteiger partial charge on any atom is -0.495 e. The average molecular weight is 293 g/mol. The Morgan fingerprint density at radius 1 is 1.48 bits per heavy atom. The number of benzene rings is 1. The molecule has 1 heterocycles. The molecule has 0 aromatic heterocycles. The summed E-state index contributed by atoms with van der Waals surface area (Å²) in [6, 6.07) is 4.19. The number of nitrogen functional groups attached to an aromatic ring is 1. The van der Waals surface area contributed by atoms with Crippen molar-refractivity contribution in [3.8, 4) is 5.75 Å². The van der Waals surface area contributed by atoms with Crippen LogP contribution in [0.25, 0.3) is 0 Å². The number of carbonyl (C=O) groups excluding carboxylic acids is 2. The van der Waals surface area contributed by atoms with E-state index in [1.54, 1.807) is 18.2 Å². The van der Waals surface area contributed by atoms with Crippen LogP contribution in [0.3, 0.4) is 0 Å². The Labute approximate surface area is 123 Å². The van der Waals surface area contributed by atoms with E-state index in [9.17, 15) is 9.59 Å². The fourth-order valence-electron chi connectivity index (χ4n) is 2.24. The summed E-state index contributed by atoms with van der Waals surface area (Å²) in [5, 5.41) is 2.55. The molecular weight excluding hydrogens is 274 g/mol. The third-order valence-electron chi connectivity index (χ3n) is 3.42. The smallest absolute Gasteiger partial charge is 0.254 e. The number of likely N-dealkylation sites (N-methyl/N-ethyl adjacent to an activating group) is 1. The Kier molecular flexibility index (Phi) is 4.64. The van der Waals surface area contributed by atoms with Crippen molar-refractivity contribution in [3.05, 3.63) is 23.8 Å². The van der Waals surface area contributed by atoms with Crippen molar-refractivity contribution in [2.75, 3.05) is 39.6 Å². The molecule has 0 radical (unpaired) electrons. The summed E-state index contributed by atoms with van der Waals surface area (Å²) in [6.45, 7) is 0.965. The Balaban J connectivity index is 2.26. The van der Waals surface area contributed by atoms with Crippen molar-refractivity contribution in [1.82, 2.24) is 10.2 Å². The van der Waals surface area contributed by atoms with Crippen LogP contribution in [0.15, 0.2) is 18.2 Å². The predicted octanol–water partition coefficient (Wildman–Crippen LogP) is -0.136. The van der Waals surface area contributed by atoms with Crippen LogP contribution >= 0.6 is 0 Å². The number of rotatable bonds is 3. The van der Waals surface area contributed by atoms with E-state index in [1.807, 2.05) is 0 Å². The Morgan fingerprint density at radius 2 is 2.24 bits per heavy atom. The van der Waals surface area contributed by atoms with Gasteiger partial charge in [-0.15, -0.1) is 0 Å². The molecule has 7 heteroatoms. The van der Waals surface area contributed by atoms with Gasteiger partial charge in [0, 0.05) is 19.2 Å². The third-order valence-corrected chi connectivity index (χ3v) is 3.42. The second kappa shape index (κ2) is 6.45. The van der Waals surface area contributed by atoms with Crippen molar-refractivity contribution >= 4 is 17.5 Å². The van der Waals surface area contributed by atoms with Gasteiger partial charge in [0.05, 0.1) is 26.0 Å². The first kappa shape index (κ1) is 15.1. The molecule has 21 heavy (non-hydrogen) atoms. The molecule has 0 saturated carbocycles. The lowest BCUT2D eigenvalue weighted by molar-refractivity contribution is -0.130. The number of amides is 2. The van der Waals surface area contributed by atoms with Crippen LogP contribution in [0.2, 0.25) is 0 Å². The lowest BCUT2D eigenvalue weighted by Crippen LogP contribution is -2.55. The first-order valence-electron chi connectivity index (χ1n) is 6.62. The van der Waals surface area contributed by atoms with Gasteiger partial charge in [0.25, 0.3) is 5.91 Å². The summed E-state index contributed by atoms with van der Waals surface area (Å²) in [5.74, 6) is -0.0544. The molecule has 1 aromatic carbocycles. The van der Waals surface area contributed by atoms with Gasteiger partial charge >= 0.3 is 0 Å². The molecule has 1 saturated heterocycles. The highest BCUT2D eigenvalue weighted by atomic mass is 16.5. The Bertz CT molecular complexity index is 547. The van der Waals surface area contributed by atoms with Gasteiger partial charge in [0.1, 0.15) is 11.8 Å². The maximum Gasteiger partial charge on any atom is 0.254 e. The second-order valence-corrected chi connectivity index (χ2v) is 4.66. The normalized spacial score (nSPS) is 18.2. The van der Waals surface area contributed by atoms with Gasteiger partial charge in [-0.25, -0.2) is 0 Å². The zero-order valence-corrected chi connectivity index (χ0v) is 12.1. The van der Waals surface area contributed by atoms with Crippen LogP contribution in [0.5, 0.6) is 5.75 Å². The average Bonchev–Trinajstić information content (AvgIpc) is 2.54. The number of hydrogen-bond donors (Lipinski definition) is 2. The maximum atomic E-state index is 12.6. The number of nitrogens with zero attached hydrogens (tertiary/aromatic N) is 1. The summed E-state index contributed by atoms with van der Waals surface area (Å²) in [4.78, 5) is 26.0. The minimum atomic E-state index is -0.625. The molecular formula is C14H19N3O4. The monoisotopic (exact) mass is 293 g/mol. The first-order chi connectivity index (χ1) is 10.1. The van der Waals surface area contributed by atoms with Gasteiger partial charge < -0.3 is 25.4 Å². The van der Waals surface area contributed by atoms with Gasteiger partial charge in [-0.2, -0.15) is 0 Å². The number of ether oxygens (including phenoxy) is 2. The summed E-state index contributed by atoms with van der Waals surface area (Å²) < 4.78 is 10.4. The predicted molar refractivity (Wildman–Crippen MR) is 77.1 cm³/mol. The number of methoxy groups -OCH3 is 1. The molecule has 1 aliphatic rings. The van der Waals surface area contributed by atoms with Gasteiger partial charge in [-0.05, 0) is 18.2 Å². The van der Waals surface area contributed by atoms with Gasteiger partial charge in [-0.3, -0.25) is 9.59 Å². The van der Waals surface area contributed by atoms with E-state index in [1.165, 1.54) is 19.1 Å². The molecule has 0 aliphatic carbocycles. The Morgan fingerprint density at radius 3 is 2.90 bits per heavy atom. The summed E-state index contributed by atoms with van der Waals surface area (Å²) in [7, 11) is 3.02. The van der Waals surface area contributed by atoms with Crippen LogP contribution < -0.4 is 15.8 Å². The van der Waals surface area contributed by atoms with Crippen molar-refractivity contribution in [3.63, 3.8) is 0 Å². The molecule has 3 N–H and O–H groups in total. The van der Waals surface area contributed by atoms with E-state index < -0.39 is 6.04 Å². The van der Waals surface area contributed by atoms with E-state index in [-0.39, 0.29) is 18.4 Å². The molecule has 1 atom stereocenters. The highest BCUT2D eigenvalue weighted by Crippen LogP contribution is 2.23. The van der Waals surface area contributed by atoms with E-state index in [0.717, 1.165) is 0 Å². The fourth-order valence-corrected chi connectivity index (χ4v) is 2.24. The first-order valence-corrected chi connectivity index (χ1v) is 6.62. The highest BCUT2D eigenvalue weighted by molar-refractivity contribution is 5.98. The minimum absolute atomic E-state index is 0.192. The molecule has 2 amide bonds. The largest absolute Gasteiger partial charge is 0.495 e. The van der Waals surface area contributed by atoms with Crippen molar-refractivity contribution in [2.45, 2.75) is 6.04 Å². The van der Waals surface area contributed by atoms with Crippen LogP contribution in [0.4, 0.5) is 5.69 Å². The molecule has 1 unspecified atom stereocenters. The summed E-state index contributed by atoms with van der Waals surface area (Å²) in [6.07, 6.45) is 0. The molecule has 0 spiro atoms. The number of morpholine rings is 1.